The van der Waals surface area contributed by atoms with Gasteiger partial charge in [-0.1, -0.05) is 123 Å². The summed E-state index contributed by atoms with van der Waals surface area (Å²) >= 11 is 13.3. The van der Waals surface area contributed by atoms with Gasteiger partial charge in [0.2, 0.25) is 11.6 Å². The van der Waals surface area contributed by atoms with Crippen LogP contribution in [0, 0.1) is 5.92 Å². The predicted molar refractivity (Wildman–Crippen MR) is 293 cm³/mol. The molecule has 2 saturated carbocycles. The first-order valence-electron chi connectivity index (χ1n) is 27.9. The highest BCUT2D eigenvalue weighted by Gasteiger charge is 2.59. The molecule has 4 heterocycles. The number of benzene rings is 4. The van der Waals surface area contributed by atoms with E-state index in [9.17, 15) is 30.0 Å². The lowest BCUT2D eigenvalue weighted by molar-refractivity contribution is -0.366. The van der Waals surface area contributed by atoms with Gasteiger partial charge in [-0.2, -0.15) is 0 Å². The Morgan fingerprint density at radius 1 is 0.628 bits per heavy atom. The van der Waals surface area contributed by atoms with Crippen molar-refractivity contribution in [3.05, 3.63) is 139 Å². The molecule has 4 unspecified atom stereocenters. The molecule has 16 heteroatoms. The minimum atomic E-state index is -1.77. The molecular formula is C62H78Cl2O14. The van der Waals surface area contributed by atoms with Crippen LogP contribution < -0.4 is 0 Å². The Morgan fingerprint density at radius 3 is 1.50 bits per heavy atom. The molecule has 4 aromatic carbocycles. The molecule has 4 aliphatic heterocycles. The number of halogens is 2. The zero-order chi connectivity index (χ0) is 55.6. The van der Waals surface area contributed by atoms with Gasteiger partial charge in [0.05, 0.1) is 37.1 Å². The van der Waals surface area contributed by atoms with Crippen molar-refractivity contribution in [2.24, 2.45) is 5.92 Å². The number of methoxy groups -OCH3 is 2. The van der Waals surface area contributed by atoms with E-state index in [1.807, 2.05) is 32.0 Å². The van der Waals surface area contributed by atoms with Crippen LogP contribution in [0.25, 0.3) is 0 Å². The molecule has 0 amide bonds. The lowest BCUT2D eigenvalue weighted by Gasteiger charge is -2.50. The van der Waals surface area contributed by atoms with E-state index in [1.54, 1.807) is 18.2 Å². The number of aliphatic hydroxyl groups is 4. The van der Waals surface area contributed by atoms with Crippen molar-refractivity contribution >= 4 is 35.1 Å². The van der Waals surface area contributed by atoms with E-state index >= 15 is 0 Å². The van der Waals surface area contributed by atoms with Gasteiger partial charge in [-0.05, 0) is 115 Å². The van der Waals surface area contributed by atoms with E-state index < -0.39 is 66.7 Å². The number of hydrogen-bond donors (Lipinski definition) is 4. The Hall–Kier alpha value is -4.00. The Morgan fingerprint density at radius 2 is 1.08 bits per heavy atom. The highest BCUT2D eigenvalue weighted by molar-refractivity contribution is 6.31. The van der Waals surface area contributed by atoms with Crippen molar-refractivity contribution in [1.29, 1.82) is 0 Å². The maximum absolute atomic E-state index is 12.3. The topological polar surface area (TPSA) is 189 Å². The van der Waals surface area contributed by atoms with Crippen LogP contribution in [0.15, 0.2) is 84.9 Å². The van der Waals surface area contributed by atoms with Gasteiger partial charge >= 0.3 is 11.9 Å². The van der Waals surface area contributed by atoms with Crippen LogP contribution in [0.3, 0.4) is 0 Å². The minimum Gasteiger partial charge on any atom is -0.458 e. The van der Waals surface area contributed by atoms with Crippen molar-refractivity contribution < 1.29 is 67.9 Å². The van der Waals surface area contributed by atoms with Gasteiger partial charge in [-0.3, -0.25) is 9.59 Å². The summed E-state index contributed by atoms with van der Waals surface area (Å²) in [6.45, 7) is 7.63. The van der Waals surface area contributed by atoms with Crippen LogP contribution in [0.5, 0.6) is 0 Å². The fourth-order valence-corrected chi connectivity index (χ4v) is 13.8. The van der Waals surface area contributed by atoms with E-state index in [0.717, 1.165) is 48.3 Å². The molecule has 4 aromatic rings. The third kappa shape index (κ3) is 12.0. The van der Waals surface area contributed by atoms with Crippen LogP contribution in [-0.2, 0) is 71.9 Å². The van der Waals surface area contributed by atoms with Gasteiger partial charge in [-0.25, -0.2) is 0 Å². The highest BCUT2D eigenvalue weighted by atomic mass is 35.5. The molecule has 0 radical (unpaired) electrons. The lowest BCUT2D eigenvalue weighted by Crippen LogP contribution is -2.64. The summed E-state index contributed by atoms with van der Waals surface area (Å²) in [5, 5.41) is 42.2. The second kappa shape index (κ2) is 24.6. The van der Waals surface area contributed by atoms with Crippen LogP contribution in [0.4, 0.5) is 0 Å². The normalized spacial score (nSPS) is 32.0. The van der Waals surface area contributed by atoms with Gasteiger partial charge in [0.25, 0.3) is 0 Å². The average molecular weight is 1120 g/mol. The van der Waals surface area contributed by atoms with Gasteiger partial charge in [0.15, 0.2) is 6.10 Å². The number of aliphatic hydroxyl groups excluding tert-OH is 4. The fourth-order valence-electron chi connectivity index (χ4n) is 13.4. The average Bonchev–Trinajstić information content (AvgIpc) is 4.33. The number of carbonyl (C=O) groups excluding carboxylic acids is 2. The Balaban J connectivity index is 0.000000192. The van der Waals surface area contributed by atoms with Crippen LogP contribution >= 0.6 is 23.2 Å². The summed E-state index contributed by atoms with van der Waals surface area (Å²) in [7, 11) is 2.86. The van der Waals surface area contributed by atoms with E-state index in [4.69, 9.17) is 61.1 Å². The summed E-state index contributed by atoms with van der Waals surface area (Å²) < 4.78 is 48.2. The smallest absolute Gasteiger partial charge is 0.303 e. The van der Waals surface area contributed by atoms with Crippen LogP contribution in [0.2, 0.25) is 10.0 Å². The summed E-state index contributed by atoms with van der Waals surface area (Å²) in [6.07, 6.45) is 5.94. The van der Waals surface area contributed by atoms with E-state index in [-0.39, 0.29) is 23.2 Å². The van der Waals surface area contributed by atoms with E-state index in [2.05, 4.69) is 48.5 Å². The molecule has 0 aromatic heterocycles. The van der Waals surface area contributed by atoms with Crippen molar-refractivity contribution in [3.8, 4) is 0 Å². The molecule has 10 rings (SSSR count). The number of carbonyl (C=O) groups is 2. The summed E-state index contributed by atoms with van der Waals surface area (Å²) in [5.41, 5.74) is 7.76. The molecule has 6 fully saturated rings. The molecule has 6 aliphatic rings. The molecule has 2 spiro atoms. The minimum absolute atomic E-state index is 0.0962. The first-order valence-corrected chi connectivity index (χ1v) is 28.6. The maximum atomic E-state index is 12.3. The fraction of sp³-hybridized carbons (Fsp3) is 0.581. The largest absolute Gasteiger partial charge is 0.458 e. The maximum Gasteiger partial charge on any atom is 0.303 e. The monoisotopic (exact) mass is 1120 g/mol. The number of ether oxygens (including phenoxy) is 8. The number of rotatable bonds is 14. The lowest BCUT2D eigenvalue weighted by atomic mass is 9.81. The van der Waals surface area contributed by atoms with Crippen molar-refractivity contribution in [2.45, 2.75) is 189 Å². The van der Waals surface area contributed by atoms with Crippen LogP contribution in [0.1, 0.15) is 155 Å². The second-order valence-corrected chi connectivity index (χ2v) is 23.5. The Bertz CT molecular complexity index is 2690. The predicted octanol–water partition coefficient (Wildman–Crippen LogP) is 9.88. The van der Waals surface area contributed by atoms with Crippen molar-refractivity contribution in [3.63, 3.8) is 0 Å². The van der Waals surface area contributed by atoms with Crippen molar-refractivity contribution in [2.75, 3.05) is 34.0 Å². The molecule has 14 nitrogen and oxygen atoms in total. The third-order valence-corrected chi connectivity index (χ3v) is 18.4. The third-order valence-electron chi connectivity index (χ3n) is 17.7. The Labute approximate surface area is 468 Å². The summed E-state index contributed by atoms with van der Waals surface area (Å²) in [5.74, 6) is -3.62. The first kappa shape index (κ1) is 58.6. The summed E-state index contributed by atoms with van der Waals surface area (Å²) in [6, 6.07) is 28.0. The molecule has 0 bridgehead atoms. The number of esters is 2. The Kier molecular flexibility index (Phi) is 18.5. The quantitative estimate of drug-likeness (QED) is 0.0874. The molecule has 2 aliphatic carbocycles. The first-order chi connectivity index (χ1) is 37.4. The van der Waals surface area contributed by atoms with Gasteiger partial charge in [0.1, 0.15) is 30.5 Å². The zero-order valence-electron chi connectivity index (χ0n) is 45.8. The zero-order valence-corrected chi connectivity index (χ0v) is 47.3. The second-order valence-electron chi connectivity index (χ2n) is 22.7. The molecule has 4 saturated heterocycles. The highest BCUT2D eigenvalue weighted by Crippen LogP contribution is 2.49. The van der Waals surface area contributed by atoms with Gasteiger partial charge < -0.3 is 58.3 Å². The van der Waals surface area contributed by atoms with E-state index in [0.29, 0.717) is 52.3 Å². The standard InChI is InChI=1S/C34H43ClO7.C28H35ClO7/c1-6-30-21(2)31(40-22(3)36)32(41-23(4)37)34(38-5,42-30)28-13-14-29(35)26(18-28)17-24-9-11-25(12-10-24)27-19-33(39-20-27)15-7-8-16-33;1-34-28(26(33)25(32)24(31)23(15-30)36-28)21-8-9-22(29)19(13-21)12-17-4-6-18(7-5-17)20-14-27(35-16-20)10-2-3-11-27/h9-14,18,21,27,30-32H,6-8,15-17,19-20H2,1-5H3;4-9,13,20,23-26,30-33H,2-3,10-12,14-16H2,1H3/t21-,27?,30-,31+,32-,34?;20?,23-,24-,25+,26-,28?/m11/s1. The molecular weight excluding hydrogens is 1040 g/mol. The molecule has 78 heavy (non-hydrogen) atoms. The van der Waals surface area contributed by atoms with Gasteiger partial charge in [0, 0.05) is 67.0 Å². The summed E-state index contributed by atoms with van der Waals surface area (Å²) in [4.78, 5) is 24.4. The molecule has 424 valence electrons. The van der Waals surface area contributed by atoms with E-state index in [1.165, 1.54) is 90.6 Å². The van der Waals surface area contributed by atoms with Crippen LogP contribution in [-0.4, -0.2) is 120 Å². The SMILES string of the molecule is CC[C@H]1OC(OC)(c2ccc(Cl)c(Cc3ccc(C4COC5(CCCC5)C4)cc3)c2)[C@H](OC(C)=O)[C@@H](OC(C)=O)[C@@H]1C.COC1(c2ccc(Cl)c(Cc3ccc(C4COC5(CCCC5)C4)cc3)c2)O[C@H](CO)[C@@H](O)[C@H](O)[C@H]1O. The van der Waals surface area contributed by atoms with Gasteiger partial charge in [-0.15, -0.1) is 0 Å². The molecule has 12 atom stereocenters. The molecule has 4 N–H and O–H groups in total. The number of hydrogen-bond acceptors (Lipinski definition) is 14. The van der Waals surface area contributed by atoms with Crippen molar-refractivity contribution in [1.82, 2.24) is 0 Å².